The predicted octanol–water partition coefficient (Wildman–Crippen LogP) is 5.89. The topological polar surface area (TPSA) is 104 Å². The van der Waals surface area contributed by atoms with Crippen molar-refractivity contribution in [1.82, 2.24) is 0 Å². The molecule has 0 aliphatic rings. The minimum absolute atomic E-state index is 0.0630. The van der Waals surface area contributed by atoms with Crippen molar-refractivity contribution in [3.63, 3.8) is 0 Å². The highest BCUT2D eigenvalue weighted by Gasteiger charge is 2.11. The third-order valence-corrected chi connectivity index (χ3v) is 5.68. The summed E-state index contributed by atoms with van der Waals surface area (Å²) >= 11 is 1.65. The fourth-order valence-corrected chi connectivity index (χ4v) is 4.03. The molecule has 4 rings (SSSR count). The highest BCUT2D eigenvalue weighted by molar-refractivity contribution is 7.99. The van der Waals surface area contributed by atoms with Gasteiger partial charge in [-0.3, -0.25) is 4.79 Å². The molecule has 0 saturated heterocycles. The Balaban J connectivity index is 1.48. The van der Waals surface area contributed by atoms with Gasteiger partial charge in [-0.15, -0.1) is 5.10 Å². The molecule has 0 aliphatic heterocycles. The monoisotopic (exact) mass is 425 g/mol. The van der Waals surface area contributed by atoms with E-state index in [1.807, 2.05) is 24.3 Å². The first-order chi connectivity index (χ1) is 15.1. The molecule has 4 aromatic rings. The van der Waals surface area contributed by atoms with E-state index in [0.29, 0.717) is 16.8 Å². The van der Waals surface area contributed by atoms with Gasteiger partial charge in [-0.05, 0) is 59.3 Å². The maximum absolute atomic E-state index is 12.7. The number of nitrogens with one attached hydrogen (secondary N) is 2. The quantitative estimate of drug-likeness (QED) is 0.155. The Hall–Kier alpha value is -3.97. The van der Waals surface area contributed by atoms with Crippen LogP contribution in [-0.2, 0) is 0 Å². The normalized spacial score (nSPS) is 11.3. The number of amidine groups is 1. The lowest BCUT2D eigenvalue weighted by atomic mass is 10.1. The lowest BCUT2D eigenvalue weighted by Crippen LogP contribution is -2.18. The molecule has 31 heavy (non-hydrogen) atoms. The number of nitrogens with two attached hydrogens (primary N) is 1. The first kappa shape index (κ1) is 20.3. The Morgan fingerprint density at radius 1 is 0.839 bits per heavy atom. The molecule has 1 amide bonds. The van der Waals surface area contributed by atoms with Gasteiger partial charge in [-0.1, -0.05) is 59.4 Å². The average molecular weight is 426 g/mol. The average Bonchev–Trinajstić information content (AvgIpc) is 2.80. The van der Waals surface area contributed by atoms with Crippen molar-refractivity contribution in [3.05, 3.63) is 102 Å². The van der Waals surface area contributed by atoms with Gasteiger partial charge in [0.25, 0.3) is 5.91 Å². The third-order valence-electron chi connectivity index (χ3n) is 4.68. The Labute approximate surface area is 183 Å². The lowest BCUT2D eigenvalue weighted by molar-refractivity contribution is 0.102. The maximum atomic E-state index is 12.7. The molecule has 152 valence electrons. The number of carbonyl (C=O) groups excluding carboxylic acids is 1. The standard InChI is InChI=1S/C24H19N5OS/c25-23(28-29-26)21-7-3-4-8-22(21)27-24(30)17-10-12-19(13-11-17)31-20-14-9-16-5-1-2-6-18(16)15-20/h1-15H,(H,27,30)(H3,25,26,28). The summed E-state index contributed by atoms with van der Waals surface area (Å²) in [6.45, 7) is 0. The summed E-state index contributed by atoms with van der Waals surface area (Å²) in [6, 6.07) is 29.0. The molecule has 0 aromatic heterocycles. The molecule has 4 N–H and O–H groups in total. The van der Waals surface area contributed by atoms with E-state index in [4.69, 9.17) is 11.3 Å². The minimum Gasteiger partial charge on any atom is -0.382 e. The summed E-state index contributed by atoms with van der Waals surface area (Å²) in [5.41, 5.74) is 14.2. The molecule has 6 nitrogen and oxygen atoms in total. The van der Waals surface area contributed by atoms with Gasteiger partial charge >= 0.3 is 0 Å². The van der Waals surface area contributed by atoms with Gasteiger partial charge in [0.05, 0.1) is 5.69 Å². The van der Waals surface area contributed by atoms with Gasteiger partial charge in [0, 0.05) is 20.9 Å². The van der Waals surface area contributed by atoms with Crippen LogP contribution in [0.3, 0.4) is 0 Å². The highest BCUT2D eigenvalue weighted by Crippen LogP contribution is 2.30. The maximum Gasteiger partial charge on any atom is 0.255 e. The van der Waals surface area contributed by atoms with Crippen LogP contribution in [0.2, 0.25) is 0 Å². The van der Waals surface area contributed by atoms with Crippen molar-refractivity contribution >= 4 is 40.0 Å². The van der Waals surface area contributed by atoms with Crippen molar-refractivity contribution in [2.24, 2.45) is 16.1 Å². The molecule has 0 unspecified atom stereocenters. The highest BCUT2D eigenvalue weighted by atomic mass is 32.2. The van der Waals surface area contributed by atoms with Crippen LogP contribution in [0, 0.1) is 5.53 Å². The van der Waals surface area contributed by atoms with Gasteiger partial charge in [0.1, 0.15) is 0 Å². The van der Waals surface area contributed by atoms with Crippen LogP contribution in [0.4, 0.5) is 5.69 Å². The fourth-order valence-electron chi connectivity index (χ4n) is 3.16. The fraction of sp³-hybridized carbons (Fsp3) is 0. The smallest absolute Gasteiger partial charge is 0.255 e. The summed E-state index contributed by atoms with van der Waals surface area (Å²) in [5, 5.41) is 11.7. The molecule has 0 aliphatic carbocycles. The van der Waals surface area contributed by atoms with E-state index in [0.717, 1.165) is 9.79 Å². The molecular weight excluding hydrogens is 406 g/mol. The summed E-state index contributed by atoms with van der Waals surface area (Å²) < 4.78 is 0. The Morgan fingerprint density at radius 2 is 1.52 bits per heavy atom. The molecule has 0 heterocycles. The summed E-state index contributed by atoms with van der Waals surface area (Å²) in [6.07, 6.45) is 0. The number of nitrogens with zero attached hydrogens (tertiary/aromatic N) is 2. The molecular formula is C24H19N5OS. The SMILES string of the molecule is N=NN=C(N)c1ccccc1NC(=O)c1ccc(Sc2ccc3ccccc3c2)cc1. The largest absolute Gasteiger partial charge is 0.382 e. The second kappa shape index (κ2) is 9.23. The molecule has 0 atom stereocenters. The number of hydrogen-bond donors (Lipinski definition) is 3. The number of carbonyl (C=O) groups is 1. The first-order valence-corrected chi connectivity index (χ1v) is 10.3. The van der Waals surface area contributed by atoms with E-state index in [1.165, 1.54) is 10.8 Å². The summed E-state index contributed by atoms with van der Waals surface area (Å²) in [7, 11) is 0. The third kappa shape index (κ3) is 4.79. The zero-order valence-corrected chi connectivity index (χ0v) is 17.3. The molecule has 0 spiro atoms. The van der Waals surface area contributed by atoms with E-state index in [-0.39, 0.29) is 11.7 Å². The van der Waals surface area contributed by atoms with Crippen molar-refractivity contribution < 1.29 is 4.79 Å². The second-order valence-electron chi connectivity index (χ2n) is 6.72. The van der Waals surface area contributed by atoms with Crippen LogP contribution in [0.15, 0.2) is 111 Å². The van der Waals surface area contributed by atoms with Crippen LogP contribution in [0.5, 0.6) is 0 Å². The Morgan fingerprint density at radius 3 is 2.29 bits per heavy atom. The van der Waals surface area contributed by atoms with Gasteiger partial charge in [-0.25, -0.2) is 0 Å². The number of rotatable bonds is 6. The van der Waals surface area contributed by atoms with E-state index >= 15 is 0 Å². The van der Waals surface area contributed by atoms with Crippen LogP contribution in [0.1, 0.15) is 15.9 Å². The van der Waals surface area contributed by atoms with Crippen LogP contribution in [0.25, 0.3) is 10.8 Å². The number of amides is 1. The second-order valence-corrected chi connectivity index (χ2v) is 7.87. The van der Waals surface area contributed by atoms with Gasteiger partial charge in [0.2, 0.25) is 0 Å². The number of fused-ring (bicyclic) bond motifs is 1. The molecule has 0 bridgehead atoms. The van der Waals surface area contributed by atoms with Crippen molar-refractivity contribution in [2.45, 2.75) is 9.79 Å². The zero-order valence-electron chi connectivity index (χ0n) is 16.4. The van der Waals surface area contributed by atoms with E-state index in [9.17, 15) is 4.79 Å². The molecule has 0 saturated carbocycles. The number of benzene rings is 4. The van der Waals surface area contributed by atoms with Crippen molar-refractivity contribution in [1.29, 1.82) is 5.53 Å². The summed E-state index contributed by atoms with van der Waals surface area (Å²) in [5.74, 6) is -0.196. The minimum atomic E-state index is -0.259. The predicted molar refractivity (Wildman–Crippen MR) is 125 cm³/mol. The summed E-state index contributed by atoms with van der Waals surface area (Å²) in [4.78, 5) is 14.9. The van der Waals surface area contributed by atoms with E-state index in [2.05, 4.69) is 46.0 Å². The number of hydrogen-bond acceptors (Lipinski definition) is 4. The molecule has 7 heteroatoms. The Bertz CT molecular complexity index is 1280. The lowest BCUT2D eigenvalue weighted by Gasteiger charge is -2.10. The van der Waals surface area contributed by atoms with Crippen LogP contribution >= 0.6 is 11.8 Å². The van der Waals surface area contributed by atoms with E-state index in [1.54, 1.807) is 48.2 Å². The van der Waals surface area contributed by atoms with Crippen LogP contribution in [-0.4, -0.2) is 11.7 Å². The number of anilines is 1. The van der Waals surface area contributed by atoms with E-state index < -0.39 is 0 Å². The van der Waals surface area contributed by atoms with Crippen molar-refractivity contribution in [3.8, 4) is 0 Å². The van der Waals surface area contributed by atoms with Crippen LogP contribution < -0.4 is 11.1 Å². The first-order valence-electron chi connectivity index (χ1n) is 9.51. The van der Waals surface area contributed by atoms with Gasteiger partial charge in [-0.2, -0.15) is 5.53 Å². The molecule has 4 aromatic carbocycles. The van der Waals surface area contributed by atoms with Gasteiger partial charge in [0.15, 0.2) is 5.84 Å². The Kier molecular flexibility index (Phi) is 6.05. The molecule has 0 fully saturated rings. The number of para-hydroxylation sites is 1. The molecule has 0 radical (unpaired) electrons. The van der Waals surface area contributed by atoms with Crippen molar-refractivity contribution in [2.75, 3.05) is 5.32 Å². The zero-order chi connectivity index (χ0) is 21.6. The van der Waals surface area contributed by atoms with Gasteiger partial charge < -0.3 is 11.1 Å².